The second kappa shape index (κ2) is 8.55. The quantitative estimate of drug-likeness (QED) is 0.440. The minimum Gasteiger partial charge on any atom is -0.406 e. The van der Waals surface area contributed by atoms with Crippen molar-refractivity contribution >= 4 is 0 Å². The second-order valence-corrected chi connectivity index (χ2v) is 6.20. The molecule has 0 N–H and O–H groups in total. The van der Waals surface area contributed by atoms with Crippen LogP contribution < -0.4 is 9.47 Å². The highest BCUT2D eigenvalue weighted by molar-refractivity contribution is 5.78. The second-order valence-electron chi connectivity index (χ2n) is 6.20. The highest BCUT2D eigenvalue weighted by Crippen LogP contribution is 2.36. The molecule has 10 heteroatoms. The molecule has 2 aromatic carbocycles. The van der Waals surface area contributed by atoms with Crippen molar-refractivity contribution in [2.24, 2.45) is 0 Å². The molecule has 0 radical (unpaired) electrons. The Morgan fingerprint density at radius 3 is 1.61 bits per heavy atom. The molecule has 0 unspecified atom stereocenters. The van der Waals surface area contributed by atoms with Crippen molar-refractivity contribution in [1.82, 2.24) is 4.98 Å². The average Bonchev–Trinajstić information content (AvgIpc) is 2.66. The monoisotopic (exact) mass is 438 g/mol. The van der Waals surface area contributed by atoms with Crippen LogP contribution in [0.3, 0.4) is 0 Å². The van der Waals surface area contributed by atoms with E-state index in [4.69, 9.17) is 0 Å². The number of hydrogen-bond acceptors (Lipinski definition) is 4. The SMILES string of the molecule is N#CCc1c(-c2cccc(OC(F)(F)F)c2)cncc1-c1cccc(OC(F)(F)F)c1. The van der Waals surface area contributed by atoms with Crippen molar-refractivity contribution in [3.63, 3.8) is 0 Å². The first-order valence-electron chi connectivity index (χ1n) is 8.62. The van der Waals surface area contributed by atoms with Crippen molar-refractivity contribution in [2.45, 2.75) is 19.1 Å². The van der Waals surface area contributed by atoms with Gasteiger partial charge in [-0.15, -0.1) is 26.3 Å². The molecule has 0 bridgehead atoms. The zero-order chi connectivity index (χ0) is 22.6. The Bertz CT molecular complexity index is 1040. The maximum Gasteiger partial charge on any atom is 0.573 e. The van der Waals surface area contributed by atoms with Crippen molar-refractivity contribution < 1.29 is 35.8 Å². The molecule has 0 aliphatic rings. The normalized spacial score (nSPS) is 11.6. The van der Waals surface area contributed by atoms with Crippen molar-refractivity contribution in [3.8, 4) is 39.8 Å². The summed E-state index contributed by atoms with van der Waals surface area (Å²) in [6, 6.07) is 12.2. The lowest BCUT2D eigenvalue weighted by Crippen LogP contribution is -2.17. The molecule has 0 aliphatic heterocycles. The van der Waals surface area contributed by atoms with Gasteiger partial charge in [-0.25, -0.2) is 0 Å². The van der Waals surface area contributed by atoms with Crippen LogP contribution in [-0.2, 0) is 6.42 Å². The fraction of sp³-hybridized carbons (Fsp3) is 0.143. The van der Waals surface area contributed by atoms with Crippen LogP contribution in [0.4, 0.5) is 26.3 Å². The van der Waals surface area contributed by atoms with Gasteiger partial charge in [-0.3, -0.25) is 4.98 Å². The van der Waals surface area contributed by atoms with Gasteiger partial charge >= 0.3 is 12.7 Å². The summed E-state index contributed by atoms with van der Waals surface area (Å²) in [4.78, 5) is 4.05. The summed E-state index contributed by atoms with van der Waals surface area (Å²) in [5.41, 5.74) is 1.65. The lowest BCUT2D eigenvalue weighted by Gasteiger charge is -2.15. The number of hydrogen-bond donors (Lipinski definition) is 0. The molecule has 1 aromatic heterocycles. The molecule has 160 valence electrons. The molecule has 0 fully saturated rings. The van der Waals surface area contributed by atoms with Crippen LogP contribution in [0.15, 0.2) is 60.9 Å². The Morgan fingerprint density at radius 2 is 1.23 bits per heavy atom. The van der Waals surface area contributed by atoms with Crippen molar-refractivity contribution in [1.29, 1.82) is 5.26 Å². The maximum absolute atomic E-state index is 12.5. The Labute approximate surface area is 172 Å². The summed E-state index contributed by atoms with van der Waals surface area (Å²) < 4.78 is 83.1. The molecule has 0 saturated heterocycles. The molecule has 0 spiro atoms. The predicted molar refractivity (Wildman–Crippen MR) is 97.8 cm³/mol. The van der Waals surface area contributed by atoms with E-state index in [0.717, 1.165) is 24.3 Å². The minimum atomic E-state index is -4.88. The van der Waals surface area contributed by atoms with E-state index < -0.39 is 24.2 Å². The van der Waals surface area contributed by atoms with Crippen LogP contribution in [0.25, 0.3) is 22.3 Å². The summed E-state index contributed by atoms with van der Waals surface area (Å²) in [6.45, 7) is 0. The number of nitriles is 1. The first-order valence-corrected chi connectivity index (χ1v) is 8.62. The van der Waals surface area contributed by atoms with Gasteiger partial charge in [0.25, 0.3) is 0 Å². The topological polar surface area (TPSA) is 55.1 Å². The number of benzene rings is 2. The minimum absolute atomic E-state index is 0.165. The molecule has 3 aromatic rings. The molecule has 0 amide bonds. The van der Waals surface area contributed by atoms with E-state index in [1.54, 1.807) is 0 Å². The van der Waals surface area contributed by atoms with Gasteiger partial charge in [0.05, 0.1) is 12.5 Å². The fourth-order valence-electron chi connectivity index (χ4n) is 2.98. The summed E-state index contributed by atoms with van der Waals surface area (Å²) in [5.74, 6) is -0.919. The van der Waals surface area contributed by atoms with Gasteiger partial charge in [0.1, 0.15) is 11.5 Å². The highest BCUT2D eigenvalue weighted by Gasteiger charge is 2.32. The number of alkyl halides is 6. The molecule has 0 saturated carbocycles. The number of pyridine rings is 1. The smallest absolute Gasteiger partial charge is 0.406 e. The largest absolute Gasteiger partial charge is 0.573 e. The third-order valence-electron chi connectivity index (χ3n) is 4.07. The lowest BCUT2D eigenvalue weighted by molar-refractivity contribution is -0.275. The Morgan fingerprint density at radius 1 is 0.774 bits per heavy atom. The summed E-state index contributed by atoms with van der Waals surface area (Å²) >= 11 is 0. The lowest BCUT2D eigenvalue weighted by atomic mass is 9.92. The maximum atomic E-state index is 12.5. The van der Waals surface area contributed by atoms with Crippen LogP contribution in [0.5, 0.6) is 11.5 Å². The van der Waals surface area contributed by atoms with Gasteiger partial charge in [0, 0.05) is 23.5 Å². The van der Waals surface area contributed by atoms with Gasteiger partial charge in [-0.2, -0.15) is 5.26 Å². The zero-order valence-corrected chi connectivity index (χ0v) is 15.5. The van der Waals surface area contributed by atoms with Crippen LogP contribution in [0, 0.1) is 11.3 Å². The Kier molecular flexibility index (Phi) is 6.06. The van der Waals surface area contributed by atoms with E-state index in [2.05, 4.69) is 14.5 Å². The third kappa shape index (κ3) is 5.88. The van der Waals surface area contributed by atoms with Crippen molar-refractivity contribution in [2.75, 3.05) is 0 Å². The predicted octanol–water partition coefficient (Wildman–Crippen LogP) is 6.28. The van der Waals surface area contributed by atoms with Crippen LogP contribution >= 0.6 is 0 Å². The molecule has 31 heavy (non-hydrogen) atoms. The molecular weight excluding hydrogens is 426 g/mol. The highest BCUT2D eigenvalue weighted by atomic mass is 19.4. The molecular formula is C21H12F6N2O2. The molecule has 0 atom stereocenters. The van der Waals surface area contributed by atoms with Gasteiger partial charge in [-0.1, -0.05) is 24.3 Å². The zero-order valence-electron chi connectivity index (χ0n) is 15.5. The van der Waals surface area contributed by atoms with E-state index in [1.165, 1.54) is 36.7 Å². The van der Waals surface area contributed by atoms with Gasteiger partial charge in [-0.05, 0) is 41.0 Å². The summed E-state index contributed by atoms with van der Waals surface area (Å²) in [7, 11) is 0. The Hall–Kier alpha value is -3.74. The number of rotatable bonds is 5. The van der Waals surface area contributed by atoms with Gasteiger partial charge in [0.2, 0.25) is 0 Å². The van der Waals surface area contributed by atoms with Crippen molar-refractivity contribution in [3.05, 3.63) is 66.5 Å². The first-order chi connectivity index (χ1) is 14.6. The molecule has 1 heterocycles. The van der Waals surface area contributed by atoms with Crippen LogP contribution in [-0.4, -0.2) is 17.7 Å². The fourth-order valence-corrected chi connectivity index (χ4v) is 2.98. The molecule has 0 aliphatic carbocycles. The number of halogens is 6. The number of nitrogens with zero attached hydrogens (tertiary/aromatic N) is 2. The van der Waals surface area contributed by atoms with E-state index >= 15 is 0 Å². The van der Waals surface area contributed by atoms with Crippen LogP contribution in [0.1, 0.15) is 5.56 Å². The number of aromatic nitrogens is 1. The standard InChI is InChI=1S/C21H12F6N2O2/c22-20(23,24)30-15-5-1-3-13(9-15)18-11-29-12-19(17(18)7-8-28)14-4-2-6-16(10-14)31-21(25,26)27/h1-6,9-12H,7H2. The van der Waals surface area contributed by atoms with E-state index in [0.29, 0.717) is 27.8 Å². The summed E-state index contributed by atoms with van der Waals surface area (Å²) in [6.07, 6.45) is -7.21. The van der Waals surface area contributed by atoms with E-state index in [-0.39, 0.29) is 6.42 Å². The van der Waals surface area contributed by atoms with E-state index in [9.17, 15) is 31.6 Å². The number of ether oxygens (including phenoxy) is 2. The van der Waals surface area contributed by atoms with Gasteiger partial charge < -0.3 is 9.47 Å². The van der Waals surface area contributed by atoms with Crippen LogP contribution in [0.2, 0.25) is 0 Å². The first kappa shape index (κ1) is 22.0. The summed E-state index contributed by atoms with van der Waals surface area (Å²) in [5, 5.41) is 9.26. The third-order valence-corrected chi connectivity index (χ3v) is 4.07. The van der Waals surface area contributed by atoms with Gasteiger partial charge in [0.15, 0.2) is 0 Å². The molecule has 3 rings (SSSR count). The van der Waals surface area contributed by atoms with E-state index in [1.807, 2.05) is 6.07 Å². The Balaban J connectivity index is 2.09. The molecule has 4 nitrogen and oxygen atoms in total. The average molecular weight is 438 g/mol.